The first-order valence-corrected chi connectivity index (χ1v) is 6.28. The molecule has 1 atom stereocenters. The molecule has 0 radical (unpaired) electrons. The van der Waals surface area contributed by atoms with Crippen LogP contribution in [0.5, 0.6) is 0 Å². The topological polar surface area (TPSA) is 131 Å². The molecule has 7 nitrogen and oxygen atoms in total. The van der Waals surface area contributed by atoms with Crippen molar-refractivity contribution in [3.05, 3.63) is 0 Å². The smallest absolute Gasteiger partial charge is 0.322 e. The van der Waals surface area contributed by atoms with Crippen molar-refractivity contribution in [1.82, 2.24) is 5.01 Å². The van der Waals surface area contributed by atoms with E-state index in [9.17, 15) is 4.79 Å². The van der Waals surface area contributed by atoms with Crippen LogP contribution in [0.2, 0.25) is 0 Å². The summed E-state index contributed by atoms with van der Waals surface area (Å²) in [7, 11) is 0. The van der Waals surface area contributed by atoms with Crippen LogP contribution in [0.1, 0.15) is 39.0 Å². The minimum absolute atomic E-state index is 0.0226. The first kappa shape index (κ1) is 16.7. The highest BCUT2D eigenvalue weighted by molar-refractivity contribution is 5.75. The Kier molecular flexibility index (Phi) is 8.95. The SMILES string of the molecule is CCCCCN(N)C(CCCN=C(N)N)C(=O)O. The minimum Gasteiger partial charge on any atom is -0.480 e. The number of unbranched alkanes of at least 4 members (excludes halogenated alkanes) is 2. The van der Waals surface area contributed by atoms with Crippen molar-refractivity contribution in [2.75, 3.05) is 13.1 Å². The molecule has 0 amide bonds. The molecule has 0 heterocycles. The first-order valence-electron chi connectivity index (χ1n) is 6.28. The molecule has 0 saturated heterocycles. The fourth-order valence-corrected chi connectivity index (χ4v) is 1.62. The van der Waals surface area contributed by atoms with Crippen LogP contribution in [0.25, 0.3) is 0 Å². The molecule has 0 aromatic rings. The van der Waals surface area contributed by atoms with Gasteiger partial charge in [0.1, 0.15) is 6.04 Å². The molecule has 106 valence electrons. The Morgan fingerprint density at radius 3 is 2.50 bits per heavy atom. The maximum absolute atomic E-state index is 11.1. The van der Waals surface area contributed by atoms with Crippen LogP contribution in [0, 0.1) is 0 Å². The van der Waals surface area contributed by atoms with E-state index in [4.69, 9.17) is 22.4 Å². The summed E-state index contributed by atoms with van der Waals surface area (Å²) in [6.45, 7) is 3.10. The number of aliphatic imine (C=N–C) groups is 1. The lowest BCUT2D eigenvalue weighted by Crippen LogP contribution is -2.46. The van der Waals surface area contributed by atoms with E-state index < -0.39 is 12.0 Å². The van der Waals surface area contributed by atoms with Gasteiger partial charge in [-0.05, 0) is 19.3 Å². The summed E-state index contributed by atoms with van der Waals surface area (Å²) >= 11 is 0. The maximum atomic E-state index is 11.1. The Hall–Kier alpha value is -1.34. The number of hydrazine groups is 1. The number of hydrogen-bond acceptors (Lipinski definition) is 4. The van der Waals surface area contributed by atoms with Crippen LogP contribution in [-0.4, -0.2) is 41.2 Å². The van der Waals surface area contributed by atoms with Gasteiger partial charge in [-0.25, -0.2) is 5.01 Å². The largest absolute Gasteiger partial charge is 0.480 e. The summed E-state index contributed by atoms with van der Waals surface area (Å²) in [6.07, 6.45) is 4.07. The first-order chi connectivity index (χ1) is 8.49. The quantitative estimate of drug-likeness (QED) is 0.142. The normalized spacial score (nSPS) is 12.4. The highest BCUT2D eigenvalue weighted by atomic mass is 16.4. The molecule has 1 unspecified atom stereocenters. The molecular formula is C11H25N5O2. The standard InChI is InChI=1S/C11H25N5O2/c1-2-3-4-8-16(14)9(10(17)18)6-5-7-15-11(12)13/h9H,2-8,14H2,1H3,(H,17,18)(H4,12,13,15). The number of carboxylic acids is 1. The zero-order valence-corrected chi connectivity index (χ0v) is 11.0. The van der Waals surface area contributed by atoms with Gasteiger partial charge in [0.05, 0.1) is 0 Å². The molecule has 0 rings (SSSR count). The van der Waals surface area contributed by atoms with E-state index >= 15 is 0 Å². The van der Waals surface area contributed by atoms with Crippen LogP contribution in [0.3, 0.4) is 0 Å². The summed E-state index contributed by atoms with van der Waals surface area (Å²) in [5.74, 6) is 4.89. The average Bonchev–Trinajstić information content (AvgIpc) is 2.28. The lowest BCUT2D eigenvalue weighted by Gasteiger charge is -2.23. The minimum atomic E-state index is -0.904. The van der Waals surface area contributed by atoms with Crippen molar-refractivity contribution in [2.45, 2.75) is 45.1 Å². The Balaban J connectivity index is 4.05. The summed E-state index contributed by atoms with van der Waals surface area (Å²) < 4.78 is 0. The zero-order valence-electron chi connectivity index (χ0n) is 11.0. The van der Waals surface area contributed by atoms with Crippen molar-refractivity contribution in [3.63, 3.8) is 0 Å². The van der Waals surface area contributed by atoms with E-state index in [2.05, 4.69) is 11.9 Å². The van der Waals surface area contributed by atoms with Gasteiger partial charge in [-0.3, -0.25) is 15.6 Å². The number of rotatable bonds is 10. The number of aliphatic carboxylic acids is 1. The van der Waals surface area contributed by atoms with Gasteiger partial charge in [0.25, 0.3) is 0 Å². The number of nitrogens with zero attached hydrogens (tertiary/aromatic N) is 2. The van der Waals surface area contributed by atoms with Gasteiger partial charge < -0.3 is 16.6 Å². The van der Waals surface area contributed by atoms with Crippen molar-refractivity contribution in [1.29, 1.82) is 0 Å². The van der Waals surface area contributed by atoms with Crippen molar-refractivity contribution < 1.29 is 9.90 Å². The van der Waals surface area contributed by atoms with Crippen LogP contribution < -0.4 is 17.3 Å². The van der Waals surface area contributed by atoms with E-state index in [1.54, 1.807) is 0 Å². The van der Waals surface area contributed by atoms with Gasteiger partial charge in [0.2, 0.25) is 0 Å². The van der Waals surface area contributed by atoms with Gasteiger partial charge >= 0.3 is 5.97 Å². The molecule has 0 fully saturated rings. The fraction of sp³-hybridized carbons (Fsp3) is 0.818. The highest BCUT2D eigenvalue weighted by Gasteiger charge is 2.22. The average molecular weight is 259 g/mol. The maximum Gasteiger partial charge on any atom is 0.322 e. The van der Waals surface area contributed by atoms with Crippen molar-refractivity contribution >= 4 is 11.9 Å². The van der Waals surface area contributed by atoms with Gasteiger partial charge in [0.15, 0.2) is 5.96 Å². The molecule has 0 aliphatic rings. The second-order valence-electron chi connectivity index (χ2n) is 4.25. The fourth-order valence-electron chi connectivity index (χ4n) is 1.62. The predicted molar refractivity (Wildman–Crippen MR) is 71.8 cm³/mol. The lowest BCUT2D eigenvalue weighted by molar-refractivity contribution is -0.143. The van der Waals surface area contributed by atoms with Crippen LogP contribution >= 0.6 is 0 Å². The van der Waals surface area contributed by atoms with E-state index in [1.807, 2.05) is 0 Å². The summed E-state index contributed by atoms with van der Waals surface area (Å²) in [6, 6.07) is -0.670. The predicted octanol–water partition coefficient (Wildman–Crippen LogP) is -0.141. The summed E-state index contributed by atoms with van der Waals surface area (Å²) in [5.41, 5.74) is 10.4. The Morgan fingerprint density at radius 1 is 1.33 bits per heavy atom. The van der Waals surface area contributed by atoms with E-state index in [0.29, 0.717) is 25.9 Å². The van der Waals surface area contributed by atoms with Gasteiger partial charge in [-0.1, -0.05) is 19.8 Å². The Bertz CT molecular complexity index is 266. The third kappa shape index (κ3) is 7.86. The highest BCUT2D eigenvalue weighted by Crippen LogP contribution is 2.06. The zero-order chi connectivity index (χ0) is 14.0. The molecule has 0 aromatic heterocycles. The van der Waals surface area contributed by atoms with Crippen molar-refractivity contribution in [3.8, 4) is 0 Å². The summed E-state index contributed by atoms with van der Waals surface area (Å²) in [4.78, 5) is 14.9. The molecule has 7 heteroatoms. The van der Waals surface area contributed by atoms with Gasteiger partial charge in [0, 0.05) is 13.1 Å². The second kappa shape index (κ2) is 9.67. The number of nitrogens with two attached hydrogens (primary N) is 3. The molecule has 0 saturated carbocycles. The number of hydrogen-bond donors (Lipinski definition) is 4. The van der Waals surface area contributed by atoms with Crippen molar-refractivity contribution in [2.24, 2.45) is 22.3 Å². The van der Waals surface area contributed by atoms with Crippen LogP contribution in [-0.2, 0) is 4.79 Å². The second-order valence-corrected chi connectivity index (χ2v) is 4.25. The van der Waals surface area contributed by atoms with Crippen LogP contribution in [0.4, 0.5) is 0 Å². The molecule has 7 N–H and O–H groups in total. The van der Waals surface area contributed by atoms with Crippen LogP contribution in [0.15, 0.2) is 4.99 Å². The molecule has 0 aliphatic carbocycles. The number of carboxylic acid groups (broad SMARTS) is 1. The third-order valence-electron chi connectivity index (χ3n) is 2.64. The summed E-state index contributed by atoms with van der Waals surface area (Å²) in [5, 5.41) is 10.5. The Labute approximate surface area is 108 Å². The third-order valence-corrected chi connectivity index (χ3v) is 2.64. The molecule has 0 bridgehead atoms. The Morgan fingerprint density at radius 2 is 2.00 bits per heavy atom. The number of guanidine groups is 1. The molecule has 0 aromatic carbocycles. The van der Waals surface area contributed by atoms with Gasteiger partial charge in [-0.15, -0.1) is 0 Å². The van der Waals surface area contributed by atoms with E-state index in [-0.39, 0.29) is 5.96 Å². The van der Waals surface area contributed by atoms with Gasteiger partial charge in [-0.2, -0.15) is 0 Å². The van der Waals surface area contributed by atoms with E-state index in [1.165, 1.54) is 5.01 Å². The van der Waals surface area contributed by atoms with E-state index in [0.717, 1.165) is 19.3 Å². The molecule has 0 aliphatic heterocycles. The molecule has 0 spiro atoms. The number of carbonyl (C=O) groups is 1. The molecular weight excluding hydrogens is 234 g/mol. The molecule has 18 heavy (non-hydrogen) atoms. The monoisotopic (exact) mass is 259 g/mol. The lowest BCUT2D eigenvalue weighted by atomic mass is 10.1.